The minimum Gasteiger partial charge on any atom is -0.496 e. The fraction of sp³-hybridized carbons (Fsp3) is 0.556. The number of methoxy groups -OCH3 is 2. The zero-order chi connectivity index (χ0) is 20.2. The Morgan fingerprint density at radius 3 is 2.44 bits per heavy atom. The number of aliphatic hydroxyl groups is 2. The second kappa shape index (κ2) is 8.62. The quantitative estimate of drug-likeness (QED) is 0.298. The average Bonchev–Trinajstić information content (AvgIpc) is 2.66. The number of esters is 1. The molecule has 0 heterocycles. The molecule has 27 heavy (non-hydrogen) atoms. The third-order valence-corrected chi connectivity index (χ3v) is 4.82. The first kappa shape index (κ1) is 21.0. The van der Waals surface area contributed by atoms with Crippen molar-refractivity contribution in [3.63, 3.8) is 0 Å². The van der Waals surface area contributed by atoms with Gasteiger partial charge in [-0.3, -0.25) is 4.99 Å². The van der Waals surface area contributed by atoms with Gasteiger partial charge in [-0.2, -0.15) is 0 Å². The van der Waals surface area contributed by atoms with Crippen LogP contribution in [0.25, 0.3) is 0 Å². The summed E-state index contributed by atoms with van der Waals surface area (Å²) in [6, 6.07) is 2.81. The number of nitrogens with two attached hydrogens (primary N) is 1. The van der Waals surface area contributed by atoms with Gasteiger partial charge in [0.15, 0.2) is 0 Å². The van der Waals surface area contributed by atoms with Crippen LogP contribution in [-0.4, -0.2) is 54.9 Å². The van der Waals surface area contributed by atoms with E-state index in [0.717, 1.165) is 0 Å². The molecular weight excluding hydrogens is 362 g/mol. The monoisotopic (exact) mass is 386 g/mol. The molecule has 1 saturated carbocycles. The molecule has 0 bridgehead atoms. The predicted molar refractivity (Wildman–Crippen MR) is 95.3 cm³/mol. The number of aliphatic hydroxyl groups excluding tert-OH is 1. The predicted octanol–water partition coefficient (Wildman–Crippen LogP) is 1.99. The zero-order valence-corrected chi connectivity index (χ0v) is 15.2. The summed E-state index contributed by atoms with van der Waals surface area (Å²) >= 11 is 0. The van der Waals surface area contributed by atoms with Crippen molar-refractivity contribution in [2.45, 2.75) is 43.9 Å². The molecule has 0 unspecified atom stereocenters. The maximum Gasteiger partial charge on any atom is 0.341 e. The fourth-order valence-corrected chi connectivity index (χ4v) is 3.17. The van der Waals surface area contributed by atoms with Gasteiger partial charge in [0, 0.05) is 35.5 Å². The number of halogens is 2. The molecule has 1 aliphatic rings. The Morgan fingerprint density at radius 2 is 1.93 bits per heavy atom. The van der Waals surface area contributed by atoms with Gasteiger partial charge in [0.1, 0.15) is 11.3 Å². The van der Waals surface area contributed by atoms with Gasteiger partial charge in [-0.25, -0.2) is 13.6 Å². The number of ether oxygens (including phenoxy) is 2. The number of benzene rings is 1. The highest BCUT2D eigenvalue weighted by Gasteiger charge is 2.46. The Morgan fingerprint density at radius 1 is 1.30 bits per heavy atom. The molecule has 0 atom stereocenters. The van der Waals surface area contributed by atoms with E-state index in [4.69, 9.17) is 25.4 Å². The Balaban J connectivity index is 2.10. The molecule has 0 aliphatic heterocycles. The minimum absolute atomic E-state index is 0.137. The number of alkyl halides is 2. The minimum atomic E-state index is -3.52. The third-order valence-electron chi connectivity index (χ3n) is 4.82. The molecular formula is C18H24F2N2O5. The highest BCUT2D eigenvalue weighted by molar-refractivity contribution is 5.97. The van der Waals surface area contributed by atoms with Gasteiger partial charge in [0.05, 0.1) is 14.2 Å². The van der Waals surface area contributed by atoms with Crippen molar-refractivity contribution in [3.05, 3.63) is 23.3 Å². The molecule has 0 amide bonds. The number of carbonyl (C=O) groups excluding carboxylic acids is 1. The molecule has 1 aliphatic carbocycles. The lowest BCUT2D eigenvalue weighted by Crippen LogP contribution is -2.42. The van der Waals surface area contributed by atoms with Crippen molar-refractivity contribution in [2.75, 3.05) is 20.0 Å². The van der Waals surface area contributed by atoms with E-state index < -0.39 is 24.1 Å². The summed E-state index contributed by atoms with van der Waals surface area (Å²) in [6.07, 6.45) is -0.0905. The number of aliphatic imine (C=N–C) groups is 1. The molecule has 9 heteroatoms. The van der Waals surface area contributed by atoms with Crippen LogP contribution in [0.3, 0.4) is 0 Å². The second-order valence-electron chi connectivity index (χ2n) is 6.50. The van der Waals surface area contributed by atoms with E-state index in [9.17, 15) is 13.6 Å². The van der Waals surface area contributed by atoms with Gasteiger partial charge in [0.25, 0.3) is 5.92 Å². The lowest BCUT2D eigenvalue weighted by atomic mass is 9.82. The number of hydrogen-bond donors (Lipinski definition) is 3. The van der Waals surface area contributed by atoms with Gasteiger partial charge in [-0.05, 0) is 31.7 Å². The normalized spacial score (nSPS) is 20.9. The lowest BCUT2D eigenvalue weighted by Gasteiger charge is -2.33. The Labute approximate surface area is 155 Å². The van der Waals surface area contributed by atoms with Crippen LogP contribution in [0, 0.1) is 5.92 Å². The summed E-state index contributed by atoms with van der Waals surface area (Å²) in [7, 11) is 2.66. The third kappa shape index (κ3) is 4.72. The lowest BCUT2D eigenvalue weighted by molar-refractivity contribution is -0.237. The standard InChI is InChI=1S/C18H24F2N2O5/c1-26-15-8-14(21)10(7-13(15)16(23)27-2)9-22-12-5-3-11(4-6-12)18(19,20)17(24)25/h7-9,11-12,17,24-25H,3-6,21H2,1-2H3. The maximum atomic E-state index is 13.7. The van der Waals surface area contributed by atoms with Crippen LogP contribution in [-0.2, 0) is 4.74 Å². The van der Waals surface area contributed by atoms with Crippen LogP contribution in [0.1, 0.15) is 41.6 Å². The van der Waals surface area contributed by atoms with E-state index in [1.807, 2.05) is 0 Å². The van der Waals surface area contributed by atoms with Gasteiger partial charge >= 0.3 is 5.97 Å². The van der Waals surface area contributed by atoms with Crippen LogP contribution in [0.4, 0.5) is 14.5 Å². The van der Waals surface area contributed by atoms with Crippen LogP contribution in [0.5, 0.6) is 5.75 Å². The first-order valence-corrected chi connectivity index (χ1v) is 8.53. The summed E-state index contributed by atoms with van der Waals surface area (Å²) in [6.45, 7) is 0. The van der Waals surface area contributed by atoms with E-state index in [0.29, 0.717) is 24.1 Å². The van der Waals surface area contributed by atoms with Crippen LogP contribution in [0.15, 0.2) is 17.1 Å². The van der Waals surface area contributed by atoms with Crippen molar-refractivity contribution in [3.8, 4) is 5.75 Å². The average molecular weight is 386 g/mol. The number of hydrogen-bond acceptors (Lipinski definition) is 7. The van der Waals surface area contributed by atoms with E-state index in [2.05, 4.69) is 4.99 Å². The first-order chi connectivity index (χ1) is 12.7. The van der Waals surface area contributed by atoms with Crippen molar-refractivity contribution >= 4 is 17.9 Å². The van der Waals surface area contributed by atoms with E-state index in [-0.39, 0.29) is 30.2 Å². The van der Waals surface area contributed by atoms with Gasteiger partial charge < -0.3 is 25.4 Å². The number of rotatable bonds is 6. The molecule has 1 aromatic rings. The Kier molecular flexibility index (Phi) is 6.72. The summed E-state index contributed by atoms with van der Waals surface area (Å²) in [5, 5.41) is 17.7. The van der Waals surface area contributed by atoms with E-state index in [1.54, 1.807) is 0 Å². The molecule has 0 aromatic heterocycles. The van der Waals surface area contributed by atoms with Crippen LogP contribution >= 0.6 is 0 Å². The molecule has 2 rings (SSSR count). The van der Waals surface area contributed by atoms with Gasteiger partial charge in [-0.1, -0.05) is 0 Å². The summed E-state index contributed by atoms with van der Waals surface area (Å²) in [5.74, 6) is -4.90. The first-order valence-electron chi connectivity index (χ1n) is 8.53. The topological polar surface area (TPSA) is 114 Å². The number of nitrogens with zero attached hydrogens (tertiary/aromatic N) is 1. The fourth-order valence-electron chi connectivity index (χ4n) is 3.17. The number of nitrogen functional groups attached to an aromatic ring is 1. The Bertz CT molecular complexity index is 701. The molecule has 0 spiro atoms. The molecule has 0 saturated heterocycles. The molecule has 150 valence electrons. The molecule has 1 fully saturated rings. The largest absolute Gasteiger partial charge is 0.496 e. The highest BCUT2D eigenvalue weighted by atomic mass is 19.3. The van der Waals surface area contributed by atoms with Crippen molar-refractivity contribution in [1.29, 1.82) is 0 Å². The molecule has 1 aromatic carbocycles. The second-order valence-corrected chi connectivity index (χ2v) is 6.50. The number of carbonyl (C=O) groups is 1. The maximum absolute atomic E-state index is 13.7. The molecule has 0 radical (unpaired) electrons. The van der Waals surface area contributed by atoms with Crippen molar-refractivity contribution in [1.82, 2.24) is 0 Å². The van der Waals surface area contributed by atoms with Gasteiger partial charge in [0.2, 0.25) is 6.29 Å². The zero-order valence-electron chi connectivity index (χ0n) is 15.2. The van der Waals surface area contributed by atoms with Crippen LogP contribution < -0.4 is 10.5 Å². The summed E-state index contributed by atoms with van der Waals surface area (Å²) in [4.78, 5) is 16.2. The molecule has 7 nitrogen and oxygen atoms in total. The smallest absolute Gasteiger partial charge is 0.341 e. The summed E-state index contributed by atoms with van der Waals surface area (Å²) in [5.41, 5.74) is 7.01. The number of anilines is 1. The van der Waals surface area contributed by atoms with E-state index in [1.165, 1.54) is 32.6 Å². The summed E-state index contributed by atoms with van der Waals surface area (Å²) < 4.78 is 37.2. The SMILES string of the molecule is COC(=O)c1cc(C=NC2CCC(C(F)(F)C(O)O)CC2)c(N)cc1OC. The van der Waals surface area contributed by atoms with E-state index >= 15 is 0 Å². The van der Waals surface area contributed by atoms with Gasteiger partial charge in [-0.15, -0.1) is 0 Å². The van der Waals surface area contributed by atoms with Crippen molar-refractivity contribution < 1.29 is 33.3 Å². The highest BCUT2D eigenvalue weighted by Crippen LogP contribution is 2.39. The van der Waals surface area contributed by atoms with Crippen molar-refractivity contribution in [2.24, 2.45) is 10.9 Å². The van der Waals surface area contributed by atoms with Crippen LogP contribution in [0.2, 0.25) is 0 Å². The Hall–Kier alpha value is -2.26. The molecule has 4 N–H and O–H groups in total.